The van der Waals surface area contributed by atoms with Crippen LogP contribution in [0.2, 0.25) is 0 Å². The summed E-state index contributed by atoms with van der Waals surface area (Å²) in [6, 6.07) is 9.52. The fourth-order valence-corrected chi connectivity index (χ4v) is 2.39. The standard InChI is InChI=1S/C14H13F3O3S/c1-2-3-10-4-5-12-9-13(7-6-11(12)8-10)20-21(18,19)14(15,16)17/h4-9H,2-3H2,1H3. The van der Waals surface area contributed by atoms with Crippen molar-refractivity contribution in [2.45, 2.75) is 25.3 Å². The summed E-state index contributed by atoms with van der Waals surface area (Å²) in [6.07, 6.45) is 1.88. The Labute approximate surface area is 120 Å². The zero-order valence-electron chi connectivity index (χ0n) is 11.1. The Hall–Kier alpha value is -1.76. The normalized spacial score (nSPS) is 12.6. The first-order valence-corrected chi connectivity index (χ1v) is 7.67. The topological polar surface area (TPSA) is 43.4 Å². The number of fused-ring (bicyclic) bond motifs is 1. The predicted molar refractivity (Wildman–Crippen MR) is 73.5 cm³/mol. The van der Waals surface area contributed by atoms with Crippen LogP contribution in [0.1, 0.15) is 18.9 Å². The van der Waals surface area contributed by atoms with Gasteiger partial charge in [-0.3, -0.25) is 0 Å². The molecule has 0 N–H and O–H groups in total. The lowest BCUT2D eigenvalue weighted by molar-refractivity contribution is -0.0500. The quantitative estimate of drug-likeness (QED) is 0.631. The van der Waals surface area contributed by atoms with E-state index in [0.717, 1.165) is 23.8 Å². The summed E-state index contributed by atoms with van der Waals surface area (Å²) in [5.41, 5.74) is -4.32. The average Bonchev–Trinajstić information content (AvgIpc) is 2.37. The van der Waals surface area contributed by atoms with Crippen molar-refractivity contribution in [1.29, 1.82) is 0 Å². The third-order valence-electron chi connectivity index (χ3n) is 2.90. The molecule has 0 bridgehead atoms. The van der Waals surface area contributed by atoms with Crippen molar-refractivity contribution in [3.8, 4) is 5.75 Å². The van der Waals surface area contributed by atoms with Crippen molar-refractivity contribution in [1.82, 2.24) is 0 Å². The molecular formula is C14H13F3O3S. The minimum Gasteiger partial charge on any atom is -0.376 e. The molecule has 0 saturated carbocycles. The molecule has 21 heavy (non-hydrogen) atoms. The first-order valence-electron chi connectivity index (χ1n) is 6.26. The summed E-state index contributed by atoms with van der Waals surface area (Å²) >= 11 is 0. The summed E-state index contributed by atoms with van der Waals surface area (Å²) in [7, 11) is -5.64. The zero-order valence-corrected chi connectivity index (χ0v) is 12.0. The minimum absolute atomic E-state index is 0.358. The molecule has 3 nitrogen and oxygen atoms in total. The number of halogens is 3. The molecule has 0 aromatic heterocycles. The van der Waals surface area contributed by atoms with E-state index < -0.39 is 15.6 Å². The highest BCUT2D eigenvalue weighted by Crippen LogP contribution is 2.29. The molecule has 0 atom stereocenters. The van der Waals surface area contributed by atoms with Crippen LogP contribution in [0.25, 0.3) is 10.8 Å². The second kappa shape index (κ2) is 5.55. The first-order chi connectivity index (χ1) is 9.73. The van der Waals surface area contributed by atoms with Gasteiger partial charge in [-0.2, -0.15) is 21.6 Å². The summed E-state index contributed by atoms with van der Waals surface area (Å²) in [6.45, 7) is 2.04. The van der Waals surface area contributed by atoms with E-state index in [4.69, 9.17) is 0 Å². The van der Waals surface area contributed by atoms with E-state index in [0.29, 0.717) is 5.39 Å². The van der Waals surface area contributed by atoms with Crippen molar-refractivity contribution in [2.24, 2.45) is 0 Å². The van der Waals surface area contributed by atoms with Crippen LogP contribution in [-0.4, -0.2) is 13.9 Å². The highest BCUT2D eigenvalue weighted by molar-refractivity contribution is 7.88. The monoisotopic (exact) mass is 318 g/mol. The zero-order chi connectivity index (χ0) is 15.7. The van der Waals surface area contributed by atoms with Crippen molar-refractivity contribution >= 4 is 20.9 Å². The summed E-state index contributed by atoms with van der Waals surface area (Å²) in [4.78, 5) is 0. The van der Waals surface area contributed by atoms with Crippen LogP contribution in [-0.2, 0) is 16.5 Å². The highest BCUT2D eigenvalue weighted by Gasteiger charge is 2.48. The number of alkyl halides is 3. The lowest BCUT2D eigenvalue weighted by Crippen LogP contribution is -2.28. The Morgan fingerprint density at radius 1 is 1.05 bits per heavy atom. The Kier molecular flexibility index (Phi) is 4.13. The molecule has 0 aliphatic heterocycles. The lowest BCUT2D eigenvalue weighted by atomic mass is 10.0. The van der Waals surface area contributed by atoms with E-state index in [1.807, 2.05) is 19.1 Å². The number of rotatable bonds is 4. The maximum absolute atomic E-state index is 12.3. The van der Waals surface area contributed by atoms with Gasteiger partial charge in [-0.15, -0.1) is 0 Å². The largest absolute Gasteiger partial charge is 0.534 e. The predicted octanol–water partition coefficient (Wildman–Crippen LogP) is 4.02. The molecule has 0 unspecified atom stereocenters. The number of hydrogen-bond acceptors (Lipinski definition) is 3. The molecule has 0 aliphatic rings. The fraction of sp³-hybridized carbons (Fsp3) is 0.286. The third kappa shape index (κ3) is 3.47. The van der Waals surface area contributed by atoms with Gasteiger partial charge in [0.15, 0.2) is 0 Å². The van der Waals surface area contributed by atoms with Crippen LogP contribution in [0.5, 0.6) is 5.75 Å². The van der Waals surface area contributed by atoms with Crippen LogP contribution in [0.3, 0.4) is 0 Å². The molecule has 2 aromatic carbocycles. The summed E-state index contributed by atoms with van der Waals surface area (Å²) < 4.78 is 62.8. The van der Waals surface area contributed by atoms with Gasteiger partial charge in [-0.25, -0.2) is 0 Å². The van der Waals surface area contributed by atoms with E-state index >= 15 is 0 Å². The fourth-order valence-electron chi connectivity index (χ4n) is 1.94. The van der Waals surface area contributed by atoms with Crippen LogP contribution in [0.4, 0.5) is 13.2 Å². The molecule has 7 heteroatoms. The van der Waals surface area contributed by atoms with Crippen molar-refractivity contribution in [3.05, 3.63) is 42.0 Å². The number of benzene rings is 2. The maximum Gasteiger partial charge on any atom is 0.534 e. The van der Waals surface area contributed by atoms with Gasteiger partial charge in [0, 0.05) is 0 Å². The van der Waals surface area contributed by atoms with Gasteiger partial charge in [-0.1, -0.05) is 37.6 Å². The van der Waals surface area contributed by atoms with E-state index in [2.05, 4.69) is 4.18 Å². The molecule has 0 fully saturated rings. The Morgan fingerprint density at radius 2 is 1.67 bits per heavy atom. The van der Waals surface area contributed by atoms with Gasteiger partial charge in [0.05, 0.1) is 0 Å². The Balaban J connectivity index is 2.34. The lowest BCUT2D eigenvalue weighted by Gasteiger charge is -2.10. The molecule has 2 aromatic rings. The summed E-state index contributed by atoms with van der Waals surface area (Å²) in [5.74, 6) is -0.358. The molecule has 0 spiro atoms. The molecule has 114 valence electrons. The first kappa shape index (κ1) is 15.6. The molecule has 0 saturated heterocycles. The third-order valence-corrected chi connectivity index (χ3v) is 3.88. The maximum atomic E-state index is 12.3. The van der Waals surface area contributed by atoms with Crippen LogP contribution >= 0.6 is 0 Å². The molecular weight excluding hydrogens is 305 g/mol. The van der Waals surface area contributed by atoms with Crippen LogP contribution < -0.4 is 4.18 Å². The second-order valence-corrected chi connectivity index (χ2v) is 6.11. The molecule has 0 radical (unpaired) electrons. The van der Waals surface area contributed by atoms with E-state index in [1.54, 1.807) is 6.07 Å². The smallest absolute Gasteiger partial charge is 0.376 e. The van der Waals surface area contributed by atoms with Crippen molar-refractivity contribution < 1.29 is 25.8 Å². The summed E-state index contributed by atoms with van der Waals surface area (Å²) in [5, 5.41) is 1.43. The van der Waals surface area contributed by atoms with E-state index in [-0.39, 0.29) is 5.75 Å². The Bertz CT molecular complexity index is 752. The highest BCUT2D eigenvalue weighted by atomic mass is 32.2. The molecule has 0 amide bonds. The Morgan fingerprint density at radius 3 is 2.29 bits per heavy atom. The molecule has 0 aliphatic carbocycles. The molecule has 0 heterocycles. The van der Waals surface area contributed by atoms with E-state index in [9.17, 15) is 21.6 Å². The van der Waals surface area contributed by atoms with Crippen molar-refractivity contribution in [3.63, 3.8) is 0 Å². The SMILES string of the molecule is CCCc1ccc2cc(OS(=O)(=O)C(F)(F)F)ccc2c1. The second-order valence-electron chi connectivity index (χ2n) is 4.58. The number of hydrogen-bond donors (Lipinski definition) is 0. The average molecular weight is 318 g/mol. The van der Waals surface area contributed by atoms with Crippen LogP contribution in [0.15, 0.2) is 36.4 Å². The van der Waals surface area contributed by atoms with Gasteiger partial charge in [0.2, 0.25) is 0 Å². The number of aryl methyl sites for hydroxylation is 1. The van der Waals surface area contributed by atoms with Crippen molar-refractivity contribution in [2.75, 3.05) is 0 Å². The van der Waals surface area contributed by atoms with Crippen LogP contribution in [0, 0.1) is 0 Å². The molecule has 2 rings (SSSR count). The van der Waals surface area contributed by atoms with E-state index in [1.165, 1.54) is 18.2 Å². The van der Waals surface area contributed by atoms with Gasteiger partial charge in [0.1, 0.15) is 5.75 Å². The minimum atomic E-state index is -5.64. The van der Waals surface area contributed by atoms with Gasteiger partial charge in [-0.05, 0) is 34.9 Å². The van der Waals surface area contributed by atoms with Gasteiger partial charge < -0.3 is 4.18 Å². The van der Waals surface area contributed by atoms with Gasteiger partial charge >= 0.3 is 15.6 Å². The van der Waals surface area contributed by atoms with Gasteiger partial charge in [0.25, 0.3) is 0 Å².